The molecule has 0 aliphatic carbocycles. The van der Waals surface area contributed by atoms with Crippen LogP contribution in [0.25, 0.3) is 0 Å². The van der Waals surface area contributed by atoms with Crippen LogP contribution >= 0.6 is 0 Å². The fourth-order valence-corrected chi connectivity index (χ4v) is 2.45. The summed E-state index contributed by atoms with van der Waals surface area (Å²) in [5.74, 6) is -0.211. The van der Waals surface area contributed by atoms with Gasteiger partial charge in [-0.15, -0.1) is 0 Å². The smallest absolute Gasteiger partial charge is 0.246 e. The summed E-state index contributed by atoms with van der Waals surface area (Å²) in [4.78, 5) is 16.1. The van der Waals surface area contributed by atoms with Gasteiger partial charge in [-0.05, 0) is 32.2 Å². The predicted octanol–water partition coefficient (Wildman–Crippen LogP) is 1.08. The largest absolute Gasteiger partial charge is 0.356 e. The summed E-state index contributed by atoms with van der Waals surface area (Å²) in [5, 5.41) is 3.03. The number of piperazine rings is 1. The summed E-state index contributed by atoms with van der Waals surface area (Å²) < 4.78 is 13.4. The molecule has 1 saturated heterocycles. The number of carbonyl (C=O) groups is 1. The third-order valence-corrected chi connectivity index (χ3v) is 3.67. The highest BCUT2D eigenvalue weighted by Crippen LogP contribution is 2.23. The normalized spacial score (nSPS) is 23.9. The van der Waals surface area contributed by atoms with Gasteiger partial charge in [0.25, 0.3) is 0 Å². The number of hydrogen-bond donors (Lipinski definition) is 1. The fraction of sp³-hybridized carbons (Fsp3) is 0.500. The Kier molecular flexibility index (Phi) is 4.04. The van der Waals surface area contributed by atoms with Crippen molar-refractivity contribution in [3.8, 4) is 0 Å². The molecular formula is C14H20FN3O. The van der Waals surface area contributed by atoms with Crippen LogP contribution in [0.1, 0.15) is 6.92 Å². The Morgan fingerprint density at radius 2 is 2.21 bits per heavy atom. The summed E-state index contributed by atoms with van der Waals surface area (Å²) in [5.41, 5.74) is 0.758. The van der Waals surface area contributed by atoms with Gasteiger partial charge in [-0.2, -0.15) is 0 Å². The van der Waals surface area contributed by atoms with E-state index >= 15 is 0 Å². The summed E-state index contributed by atoms with van der Waals surface area (Å²) in [7, 11) is 3.63. The van der Waals surface area contributed by atoms with Gasteiger partial charge in [0.15, 0.2) is 0 Å². The molecule has 1 aromatic rings. The van der Waals surface area contributed by atoms with E-state index in [1.807, 2.05) is 32.0 Å². The molecule has 0 aromatic heterocycles. The minimum Gasteiger partial charge on any atom is -0.356 e. The van der Waals surface area contributed by atoms with E-state index in [9.17, 15) is 9.18 Å². The number of rotatable bonds is 3. The summed E-state index contributed by atoms with van der Waals surface area (Å²) >= 11 is 0. The zero-order valence-corrected chi connectivity index (χ0v) is 11.6. The Labute approximate surface area is 113 Å². The quantitative estimate of drug-likeness (QED) is 0.888. The van der Waals surface area contributed by atoms with E-state index in [0.29, 0.717) is 13.1 Å². The molecule has 1 N–H and O–H groups in total. The lowest BCUT2D eigenvalue weighted by molar-refractivity contribution is -0.134. The Morgan fingerprint density at radius 3 is 2.84 bits per heavy atom. The van der Waals surface area contributed by atoms with Crippen molar-refractivity contribution in [2.45, 2.75) is 19.0 Å². The van der Waals surface area contributed by atoms with Crippen LogP contribution in [0.15, 0.2) is 24.3 Å². The zero-order chi connectivity index (χ0) is 14.0. The number of halogens is 1. The number of hydrogen-bond acceptors (Lipinski definition) is 3. The van der Waals surface area contributed by atoms with Crippen LogP contribution in [0.5, 0.6) is 0 Å². The average Bonchev–Trinajstić information content (AvgIpc) is 2.39. The first-order chi connectivity index (χ1) is 9.04. The van der Waals surface area contributed by atoms with E-state index in [0.717, 1.165) is 5.69 Å². The zero-order valence-electron chi connectivity index (χ0n) is 11.6. The SMILES string of the molecule is CNCC1C(=O)N(C)C(C)CN1c1cccc(F)c1. The van der Waals surface area contributed by atoms with Gasteiger partial charge in [0, 0.05) is 31.9 Å². The van der Waals surface area contributed by atoms with Crippen LogP contribution in [0.3, 0.4) is 0 Å². The van der Waals surface area contributed by atoms with Crippen molar-refractivity contribution in [2.75, 3.05) is 32.1 Å². The molecule has 1 aliphatic heterocycles. The van der Waals surface area contributed by atoms with Gasteiger partial charge >= 0.3 is 0 Å². The van der Waals surface area contributed by atoms with Gasteiger partial charge < -0.3 is 15.1 Å². The van der Waals surface area contributed by atoms with Gasteiger partial charge in [-0.1, -0.05) is 6.07 Å². The second kappa shape index (κ2) is 5.57. The van der Waals surface area contributed by atoms with Crippen LogP contribution < -0.4 is 10.2 Å². The second-order valence-electron chi connectivity index (χ2n) is 5.00. The number of anilines is 1. The first-order valence-corrected chi connectivity index (χ1v) is 6.48. The van der Waals surface area contributed by atoms with E-state index in [1.54, 1.807) is 11.0 Å². The summed E-state index contributed by atoms with van der Waals surface area (Å²) in [6.07, 6.45) is 0. The summed E-state index contributed by atoms with van der Waals surface area (Å²) in [6, 6.07) is 6.24. The van der Waals surface area contributed by atoms with Crippen molar-refractivity contribution >= 4 is 11.6 Å². The van der Waals surface area contributed by atoms with Crippen molar-refractivity contribution in [1.82, 2.24) is 10.2 Å². The molecule has 5 heteroatoms. The van der Waals surface area contributed by atoms with E-state index in [1.165, 1.54) is 12.1 Å². The van der Waals surface area contributed by atoms with Crippen LogP contribution in [0.2, 0.25) is 0 Å². The molecule has 1 aromatic carbocycles. The van der Waals surface area contributed by atoms with Crippen molar-refractivity contribution < 1.29 is 9.18 Å². The maximum Gasteiger partial charge on any atom is 0.246 e. The minimum atomic E-state index is -0.284. The first-order valence-electron chi connectivity index (χ1n) is 6.48. The number of nitrogens with one attached hydrogen (secondary N) is 1. The lowest BCUT2D eigenvalue weighted by atomic mass is 10.1. The number of nitrogens with zero attached hydrogens (tertiary/aromatic N) is 2. The molecule has 0 spiro atoms. The van der Waals surface area contributed by atoms with Crippen LogP contribution in [0, 0.1) is 5.82 Å². The highest BCUT2D eigenvalue weighted by Gasteiger charge is 2.36. The molecule has 2 rings (SSSR count). The van der Waals surface area contributed by atoms with Gasteiger partial charge in [-0.25, -0.2) is 4.39 Å². The molecule has 4 nitrogen and oxygen atoms in total. The van der Waals surface area contributed by atoms with Gasteiger partial charge in [0.1, 0.15) is 11.9 Å². The predicted molar refractivity (Wildman–Crippen MR) is 73.7 cm³/mol. The highest BCUT2D eigenvalue weighted by molar-refractivity contribution is 5.87. The topological polar surface area (TPSA) is 35.6 Å². The number of likely N-dealkylation sites (N-methyl/N-ethyl adjacent to an activating group) is 2. The van der Waals surface area contributed by atoms with Gasteiger partial charge in [-0.3, -0.25) is 4.79 Å². The molecule has 2 unspecified atom stereocenters. The van der Waals surface area contributed by atoms with E-state index in [2.05, 4.69) is 5.32 Å². The standard InChI is InChI=1S/C14H20FN3O/c1-10-9-18(12-6-4-5-11(15)7-12)13(8-16-2)14(19)17(10)3/h4-7,10,13,16H,8-9H2,1-3H3. The lowest BCUT2D eigenvalue weighted by Gasteiger charge is -2.44. The van der Waals surface area contributed by atoms with E-state index in [-0.39, 0.29) is 23.8 Å². The molecule has 0 saturated carbocycles. The average molecular weight is 265 g/mol. The molecule has 1 amide bonds. The second-order valence-corrected chi connectivity index (χ2v) is 5.00. The number of carbonyl (C=O) groups excluding carboxylic acids is 1. The molecular weight excluding hydrogens is 245 g/mol. The third kappa shape index (κ3) is 2.71. The molecule has 1 fully saturated rings. The van der Waals surface area contributed by atoms with Crippen molar-refractivity contribution in [2.24, 2.45) is 0 Å². The molecule has 104 valence electrons. The first kappa shape index (κ1) is 13.8. The molecule has 0 bridgehead atoms. The third-order valence-electron chi connectivity index (χ3n) is 3.67. The van der Waals surface area contributed by atoms with E-state index in [4.69, 9.17) is 0 Å². The van der Waals surface area contributed by atoms with Crippen LogP contribution in [-0.4, -0.2) is 50.1 Å². The maximum atomic E-state index is 13.4. The van der Waals surface area contributed by atoms with Gasteiger partial charge in [0.05, 0.1) is 0 Å². The van der Waals surface area contributed by atoms with E-state index < -0.39 is 0 Å². The molecule has 0 radical (unpaired) electrons. The molecule has 19 heavy (non-hydrogen) atoms. The van der Waals surface area contributed by atoms with Crippen molar-refractivity contribution in [3.63, 3.8) is 0 Å². The maximum absolute atomic E-state index is 13.4. The monoisotopic (exact) mass is 265 g/mol. The minimum absolute atomic E-state index is 0.0670. The lowest BCUT2D eigenvalue weighted by Crippen LogP contribution is -2.62. The Hall–Kier alpha value is -1.62. The summed E-state index contributed by atoms with van der Waals surface area (Å²) in [6.45, 7) is 3.25. The molecule has 1 heterocycles. The molecule has 1 aliphatic rings. The van der Waals surface area contributed by atoms with Crippen molar-refractivity contribution in [1.29, 1.82) is 0 Å². The number of amides is 1. The van der Waals surface area contributed by atoms with Gasteiger partial charge in [0.2, 0.25) is 5.91 Å². The van der Waals surface area contributed by atoms with Crippen molar-refractivity contribution in [3.05, 3.63) is 30.1 Å². The highest BCUT2D eigenvalue weighted by atomic mass is 19.1. The number of benzene rings is 1. The molecule has 2 atom stereocenters. The Morgan fingerprint density at radius 1 is 1.47 bits per heavy atom. The fourth-order valence-electron chi connectivity index (χ4n) is 2.45. The Bertz CT molecular complexity index is 466. The van der Waals surface area contributed by atoms with Crippen LogP contribution in [0.4, 0.5) is 10.1 Å². The Balaban J connectivity index is 2.32. The van der Waals surface area contributed by atoms with Crippen LogP contribution in [-0.2, 0) is 4.79 Å².